The first kappa shape index (κ1) is 16.5. The highest BCUT2D eigenvalue weighted by Crippen LogP contribution is 2.23. The van der Waals surface area contributed by atoms with Gasteiger partial charge in [-0.2, -0.15) is 0 Å². The summed E-state index contributed by atoms with van der Waals surface area (Å²) >= 11 is 6.13. The van der Waals surface area contributed by atoms with Crippen LogP contribution in [0.2, 0.25) is 5.02 Å². The number of nitrogens with zero attached hydrogens (tertiary/aromatic N) is 2. The van der Waals surface area contributed by atoms with Gasteiger partial charge in [0.25, 0.3) is 0 Å². The van der Waals surface area contributed by atoms with E-state index in [2.05, 4.69) is 66.7 Å². The van der Waals surface area contributed by atoms with Gasteiger partial charge in [0.15, 0.2) is 0 Å². The fraction of sp³-hybridized carbons (Fsp3) is 0.190. The lowest BCUT2D eigenvalue weighted by molar-refractivity contribution is 0.965. The maximum atomic E-state index is 6.13. The molecule has 1 aromatic heterocycles. The third-order valence-corrected chi connectivity index (χ3v) is 4.47. The van der Waals surface area contributed by atoms with Crippen LogP contribution in [-0.4, -0.2) is 10.8 Å². The second-order valence-electron chi connectivity index (χ2n) is 5.92. The summed E-state index contributed by atoms with van der Waals surface area (Å²) in [4.78, 5) is 4.61. The molecule has 0 N–H and O–H groups in total. The van der Waals surface area contributed by atoms with E-state index < -0.39 is 0 Å². The number of rotatable bonds is 4. The summed E-state index contributed by atoms with van der Waals surface area (Å²) < 4.78 is 2.20. The van der Waals surface area contributed by atoms with Gasteiger partial charge in [-0.25, -0.2) is 0 Å². The van der Waals surface area contributed by atoms with Gasteiger partial charge in [-0.15, -0.1) is 0 Å². The van der Waals surface area contributed by atoms with Gasteiger partial charge in [-0.1, -0.05) is 36.7 Å². The van der Waals surface area contributed by atoms with Crippen molar-refractivity contribution in [1.82, 2.24) is 4.57 Å². The predicted octanol–water partition coefficient (Wildman–Crippen LogP) is 6.06. The summed E-state index contributed by atoms with van der Waals surface area (Å²) in [6, 6.07) is 18.4. The average molecular weight is 337 g/mol. The summed E-state index contributed by atoms with van der Waals surface area (Å²) in [5, 5.41) is 0.742. The number of hydrogen-bond acceptors (Lipinski definition) is 1. The van der Waals surface area contributed by atoms with Crippen LogP contribution in [0, 0.1) is 13.8 Å². The third-order valence-electron chi connectivity index (χ3n) is 4.23. The lowest BCUT2D eigenvalue weighted by Crippen LogP contribution is -1.99. The second-order valence-corrected chi connectivity index (χ2v) is 6.36. The summed E-state index contributed by atoms with van der Waals surface area (Å²) in [5.74, 6) is 0. The largest absolute Gasteiger partial charge is 0.318 e. The highest BCUT2D eigenvalue weighted by molar-refractivity contribution is 6.30. The van der Waals surface area contributed by atoms with E-state index in [0.717, 1.165) is 39.8 Å². The molecule has 0 spiro atoms. The molecule has 0 unspecified atom stereocenters. The first-order valence-electron chi connectivity index (χ1n) is 8.16. The van der Waals surface area contributed by atoms with E-state index in [1.807, 2.05) is 24.4 Å². The maximum absolute atomic E-state index is 6.13. The highest BCUT2D eigenvalue weighted by atomic mass is 35.5. The van der Waals surface area contributed by atoms with Crippen LogP contribution in [0.5, 0.6) is 0 Å². The quantitative estimate of drug-likeness (QED) is 0.515. The molecular formula is C21H21ClN2. The Balaban J connectivity index is 1.92. The Hall–Kier alpha value is -2.32. The number of aromatic nitrogens is 1. The van der Waals surface area contributed by atoms with Crippen LogP contribution in [0.1, 0.15) is 29.4 Å². The molecule has 0 amide bonds. The molecule has 24 heavy (non-hydrogen) atoms. The van der Waals surface area contributed by atoms with Crippen LogP contribution in [0.3, 0.4) is 0 Å². The van der Waals surface area contributed by atoms with Crippen molar-refractivity contribution in [3.8, 4) is 5.69 Å². The Morgan fingerprint density at radius 3 is 2.46 bits per heavy atom. The highest BCUT2D eigenvalue weighted by Gasteiger charge is 2.09. The average Bonchev–Trinajstić information content (AvgIpc) is 2.87. The van der Waals surface area contributed by atoms with Crippen molar-refractivity contribution in [2.45, 2.75) is 27.2 Å². The number of benzene rings is 2. The van der Waals surface area contributed by atoms with Crippen LogP contribution in [0.15, 0.2) is 59.6 Å². The molecule has 0 radical (unpaired) electrons. The van der Waals surface area contributed by atoms with E-state index in [9.17, 15) is 0 Å². The fourth-order valence-electron chi connectivity index (χ4n) is 2.89. The predicted molar refractivity (Wildman–Crippen MR) is 103 cm³/mol. The Kier molecular flexibility index (Phi) is 4.86. The van der Waals surface area contributed by atoms with Crippen LogP contribution in [0.25, 0.3) is 5.69 Å². The molecule has 0 aliphatic rings. The molecule has 122 valence electrons. The van der Waals surface area contributed by atoms with Gasteiger partial charge in [0.05, 0.1) is 5.69 Å². The van der Waals surface area contributed by atoms with Crippen molar-refractivity contribution in [1.29, 1.82) is 0 Å². The molecular weight excluding hydrogens is 316 g/mol. The van der Waals surface area contributed by atoms with E-state index >= 15 is 0 Å². The van der Waals surface area contributed by atoms with E-state index in [0.29, 0.717) is 0 Å². The minimum atomic E-state index is 0.742. The molecule has 3 rings (SSSR count). The Bertz CT molecular complexity index is 873. The van der Waals surface area contributed by atoms with Gasteiger partial charge in [-0.3, -0.25) is 4.99 Å². The van der Waals surface area contributed by atoms with Crippen molar-refractivity contribution in [3.63, 3.8) is 0 Å². The summed E-state index contributed by atoms with van der Waals surface area (Å²) in [6.07, 6.45) is 2.98. The van der Waals surface area contributed by atoms with Crippen LogP contribution >= 0.6 is 11.6 Å². The molecule has 2 nitrogen and oxygen atoms in total. The summed E-state index contributed by atoms with van der Waals surface area (Å²) in [5.41, 5.74) is 6.81. The normalized spacial score (nSPS) is 11.3. The summed E-state index contributed by atoms with van der Waals surface area (Å²) in [6.45, 7) is 6.36. The van der Waals surface area contributed by atoms with Gasteiger partial charge in [0.2, 0.25) is 0 Å². The lowest BCUT2D eigenvalue weighted by Gasteiger charge is -2.09. The minimum Gasteiger partial charge on any atom is -0.318 e. The van der Waals surface area contributed by atoms with Crippen molar-refractivity contribution in [2.24, 2.45) is 4.99 Å². The van der Waals surface area contributed by atoms with Crippen molar-refractivity contribution >= 4 is 23.5 Å². The van der Waals surface area contributed by atoms with Gasteiger partial charge in [0.1, 0.15) is 0 Å². The van der Waals surface area contributed by atoms with Crippen molar-refractivity contribution in [2.75, 3.05) is 0 Å². The molecule has 0 bridgehead atoms. The topological polar surface area (TPSA) is 17.3 Å². The Morgan fingerprint density at radius 2 is 1.79 bits per heavy atom. The summed E-state index contributed by atoms with van der Waals surface area (Å²) in [7, 11) is 0. The third kappa shape index (κ3) is 3.44. The molecule has 1 heterocycles. The van der Waals surface area contributed by atoms with Crippen molar-refractivity contribution in [3.05, 3.63) is 82.1 Å². The molecule has 0 saturated heterocycles. The molecule has 0 atom stereocenters. The molecule has 0 aliphatic heterocycles. The maximum Gasteiger partial charge on any atom is 0.0630 e. The van der Waals surface area contributed by atoms with Gasteiger partial charge < -0.3 is 4.57 Å². The zero-order valence-electron chi connectivity index (χ0n) is 14.3. The SMILES string of the molecule is CCc1ccc(N=Cc2cc(C)n(-c3cccc(Cl)c3)c2C)cc1. The standard InChI is InChI=1S/C21H21ClN2/c1-4-17-8-10-20(11-9-17)23-14-18-12-15(2)24(16(18)3)21-7-5-6-19(22)13-21/h5-14H,4H2,1-3H3. The fourth-order valence-corrected chi connectivity index (χ4v) is 3.08. The van der Waals surface area contributed by atoms with Crippen LogP contribution in [-0.2, 0) is 6.42 Å². The number of aryl methyl sites for hydroxylation is 2. The smallest absolute Gasteiger partial charge is 0.0630 e. The Labute approximate surface area is 148 Å². The first-order chi connectivity index (χ1) is 11.6. The molecule has 2 aromatic carbocycles. The zero-order chi connectivity index (χ0) is 17.1. The molecule has 0 fully saturated rings. The Morgan fingerprint density at radius 1 is 1.04 bits per heavy atom. The van der Waals surface area contributed by atoms with Gasteiger partial charge >= 0.3 is 0 Å². The number of halogens is 1. The first-order valence-corrected chi connectivity index (χ1v) is 8.54. The van der Waals surface area contributed by atoms with Gasteiger partial charge in [0, 0.05) is 33.9 Å². The van der Waals surface area contributed by atoms with Crippen LogP contribution in [0.4, 0.5) is 5.69 Å². The van der Waals surface area contributed by atoms with E-state index in [1.165, 1.54) is 5.56 Å². The van der Waals surface area contributed by atoms with E-state index in [4.69, 9.17) is 11.6 Å². The monoisotopic (exact) mass is 336 g/mol. The van der Waals surface area contributed by atoms with E-state index in [1.54, 1.807) is 0 Å². The molecule has 3 aromatic rings. The van der Waals surface area contributed by atoms with Crippen molar-refractivity contribution < 1.29 is 0 Å². The van der Waals surface area contributed by atoms with Crippen LogP contribution < -0.4 is 0 Å². The zero-order valence-corrected chi connectivity index (χ0v) is 15.0. The molecule has 0 aliphatic carbocycles. The molecule has 0 saturated carbocycles. The number of hydrogen-bond donors (Lipinski definition) is 0. The minimum absolute atomic E-state index is 0.742. The number of aliphatic imine (C=N–C) groups is 1. The lowest BCUT2D eigenvalue weighted by atomic mass is 10.1. The second kappa shape index (κ2) is 7.06. The van der Waals surface area contributed by atoms with Gasteiger partial charge in [-0.05, 0) is 62.2 Å². The molecule has 3 heteroatoms. The van der Waals surface area contributed by atoms with E-state index in [-0.39, 0.29) is 0 Å².